The molecule has 2 aromatic rings. The second-order valence-electron chi connectivity index (χ2n) is 7.26. The number of halogens is 3. The molecule has 2 bridgehead atoms. The highest BCUT2D eigenvalue weighted by molar-refractivity contribution is 6.28. The number of anilines is 1. The van der Waals surface area contributed by atoms with Crippen molar-refractivity contribution >= 4 is 28.9 Å². The van der Waals surface area contributed by atoms with Crippen LogP contribution < -0.4 is 5.32 Å². The molecule has 2 heterocycles. The number of hydrogen-bond donors (Lipinski definition) is 1. The first-order chi connectivity index (χ1) is 13.0. The minimum absolute atomic E-state index is 0.0462. The summed E-state index contributed by atoms with van der Waals surface area (Å²) in [6.07, 6.45) is 2.69. The first kappa shape index (κ1) is 18.4. The van der Waals surface area contributed by atoms with Gasteiger partial charge in [0.05, 0.1) is 12.5 Å². The van der Waals surface area contributed by atoms with Crippen LogP contribution in [0.5, 0.6) is 0 Å². The number of carbonyl (C=O) groups is 1. The number of nitrogens with zero attached hydrogens (tertiary/aromatic N) is 3. The van der Waals surface area contributed by atoms with Crippen LogP contribution in [-0.4, -0.2) is 33.2 Å². The van der Waals surface area contributed by atoms with Crippen LogP contribution in [0.3, 0.4) is 0 Å². The molecule has 0 amide bonds. The van der Waals surface area contributed by atoms with Crippen molar-refractivity contribution in [2.75, 3.05) is 11.9 Å². The number of aromatic nitrogens is 3. The lowest BCUT2D eigenvalue weighted by molar-refractivity contribution is -0.154. The zero-order chi connectivity index (χ0) is 19.1. The van der Waals surface area contributed by atoms with Gasteiger partial charge in [-0.25, -0.2) is 13.3 Å². The van der Waals surface area contributed by atoms with Crippen molar-refractivity contribution in [3.05, 3.63) is 23.1 Å². The molecule has 3 aliphatic rings. The van der Waals surface area contributed by atoms with Crippen LogP contribution >= 0.6 is 11.6 Å². The van der Waals surface area contributed by atoms with Gasteiger partial charge in [0.1, 0.15) is 5.52 Å². The second-order valence-corrected chi connectivity index (χ2v) is 7.59. The number of rotatable bonds is 5. The van der Waals surface area contributed by atoms with Crippen molar-refractivity contribution < 1.29 is 18.3 Å². The maximum absolute atomic E-state index is 13.1. The third-order valence-electron chi connectivity index (χ3n) is 5.79. The Morgan fingerprint density at radius 3 is 2.74 bits per heavy atom. The molecule has 6 nitrogen and oxygen atoms in total. The molecule has 2 aromatic heterocycles. The Morgan fingerprint density at radius 2 is 2.07 bits per heavy atom. The van der Waals surface area contributed by atoms with Gasteiger partial charge in [-0.3, -0.25) is 4.79 Å². The zero-order valence-electron chi connectivity index (χ0n) is 14.9. The van der Waals surface area contributed by atoms with Crippen LogP contribution in [0, 0.1) is 17.8 Å². The van der Waals surface area contributed by atoms with Crippen LogP contribution in [0.1, 0.15) is 44.6 Å². The Morgan fingerprint density at radius 1 is 1.37 bits per heavy atom. The molecule has 0 saturated heterocycles. The molecule has 2 atom stereocenters. The number of hydrogen-bond acceptors (Lipinski definition) is 5. The van der Waals surface area contributed by atoms with Crippen molar-refractivity contribution in [1.82, 2.24) is 14.6 Å². The topological polar surface area (TPSA) is 68.5 Å². The summed E-state index contributed by atoms with van der Waals surface area (Å²) in [4.78, 5) is 16.8. The van der Waals surface area contributed by atoms with Gasteiger partial charge in [0.2, 0.25) is 5.28 Å². The molecular weight excluding hydrogens is 378 g/mol. The Kier molecular flexibility index (Phi) is 4.92. The lowest BCUT2D eigenvalue weighted by Gasteiger charge is -2.47. The van der Waals surface area contributed by atoms with Gasteiger partial charge in [0.25, 0.3) is 6.43 Å². The van der Waals surface area contributed by atoms with E-state index in [4.69, 9.17) is 16.3 Å². The summed E-state index contributed by atoms with van der Waals surface area (Å²) >= 11 is 6.00. The molecule has 5 rings (SSSR count). The summed E-state index contributed by atoms with van der Waals surface area (Å²) in [7, 11) is 0. The fraction of sp³-hybridized carbons (Fsp3) is 0.611. The molecule has 1 N–H and O–H groups in total. The van der Waals surface area contributed by atoms with Crippen molar-refractivity contribution in [2.24, 2.45) is 17.8 Å². The molecular formula is C18H21ClF2N4O2. The Labute approximate surface area is 160 Å². The van der Waals surface area contributed by atoms with Gasteiger partial charge in [-0.1, -0.05) is 0 Å². The third-order valence-corrected chi connectivity index (χ3v) is 5.95. The predicted octanol–water partition coefficient (Wildman–Crippen LogP) is 4.10. The van der Waals surface area contributed by atoms with Crippen molar-refractivity contribution in [3.8, 4) is 0 Å². The van der Waals surface area contributed by atoms with Gasteiger partial charge in [0, 0.05) is 17.8 Å². The van der Waals surface area contributed by atoms with Gasteiger partial charge >= 0.3 is 5.97 Å². The summed E-state index contributed by atoms with van der Waals surface area (Å²) < 4.78 is 32.8. The molecule has 9 heteroatoms. The summed E-state index contributed by atoms with van der Waals surface area (Å²) in [6.45, 7) is 2.13. The van der Waals surface area contributed by atoms with Gasteiger partial charge in [-0.05, 0) is 62.1 Å². The van der Waals surface area contributed by atoms with E-state index in [0.29, 0.717) is 23.9 Å². The molecule has 0 aromatic carbocycles. The van der Waals surface area contributed by atoms with E-state index < -0.39 is 6.43 Å². The van der Waals surface area contributed by atoms with Gasteiger partial charge in [-0.15, -0.1) is 5.10 Å². The molecule has 3 fully saturated rings. The first-order valence-corrected chi connectivity index (χ1v) is 9.63. The highest BCUT2D eigenvalue weighted by Crippen LogP contribution is 2.47. The van der Waals surface area contributed by atoms with Crippen molar-refractivity contribution in [3.63, 3.8) is 0 Å². The normalized spacial score (nSPS) is 27.3. The molecule has 0 unspecified atom stereocenters. The quantitative estimate of drug-likeness (QED) is 0.768. The molecule has 3 saturated carbocycles. The Bertz CT molecular complexity index is 851. The van der Waals surface area contributed by atoms with Crippen LogP contribution in [0.4, 0.5) is 14.6 Å². The molecule has 0 radical (unpaired) electrons. The average Bonchev–Trinajstić information content (AvgIpc) is 3.07. The highest BCUT2D eigenvalue weighted by atomic mass is 35.5. The van der Waals surface area contributed by atoms with Crippen LogP contribution in [-0.2, 0) is 9.53 Å². The molecule has 0 spiro atoms. The Balaban J connectivity index is 1.70. The smallest absolute Gasteiger partial charge is 0.311 e. The van der Waals surface area contributed by atoms with Crippen LogP contribution in [0.15, 0.2) is 12.3 Å². The number of alkyl halides is 2. The highest BCUT2D eigenvalue weighted by Gasteiger charge is 2.48. The number of ether oxygens (including phenoxy) is 1. The van der Waals surface area contributed by atoms with E-state index in [1.807, 2.05) is 0 Å². The standard InChI is InChI=1S/C18H21ClF2N4O2/c1-2-27-17(26)13-9-3-5-10(6-4-9)14(13)22-16-12-7-11(15(20)21)8-25(12)24-18(19)23-16/h7-10,13-15H,2-6H2,1H3,(H,22,23,24)/t9?,10?,13-,14-/m1/s1. The maximum atomic E-state index is 13.1. The third kappa shape index (κ3) is 3.35. The SMILES string of the molecule is CCOC(=O)[C@@H]1C2CCC(CC2)[C@H]1Nc1nc(Cl)nn2cc(C(F)F)cc12. The summed E-state index contributed by atoms with van der Waals surface area (Å²) in [6, 6.07) is 1.19. The van der Waals surface area contributed by atoms with E-state index >= 15 is 0 Å². The fourth-order valence-corrected chi connectivity index (χ4v) is 4.78. The predicted molar refractivity (Wildman–Crippen MR) is 95.9 cm³/mol. The van der Waals surface area contributed by atoms with E-state index in [-0.39, 0.29) is 34.7 Å². The number of carbonyl (C=O) groups excluding carboxylic acids is 1. The van der Waals surface area contributed by atoms with Crippen LogP contribution in [0.2, 0.25) is 5.28 Å². The Hall–Kier alpha value is -1.96. The molecule has 146 valence electrons. The van der Waals surface area contributed by atoms with Crippen LogP contribution in [0.25, 0.3) is 5.52 Å². The van der Waals surface area contributed by atoms with Crippen molar-refractivity contribution in [2.45, 2.75) is 45.1 Å². The van der Waals surface area contributed by atoms with Gasteiger partial charge in [0.15, 0.2) is 5.82 Å². The number of esters is 1. The van der Waals surface area contributed by atoms with Crippen molar-refractivity contribution in [1.29, 1.82) is 0 Å². The lowest BCUT2D eigenvalue weighted by atomic mass is 9.61. The van der Waals surface area contributed by atoms with Gasteiger partial charge < -0.3 is 10.1 Å². The summed E-state index contributed by atoms with van der Waals surface area (Å²) in [5.74, 6) is 0.472. The maximum Gasteiger partial charge on any atom is 0.311 e. The molecule has 27 heavy (non-hydrogen) atoms. The van der Waals surface area contributed by atoms with E-state index in [1.165, 1.54) is 16.8 Å². The van der Waals surface area contributed by atoms with E-state index in [0.717, 1.165) is 25.7 Å². The average molecular weight is 399 g/mol. The molecule has 0 aliphatic heterocycles. The monoisotopic (exact) mass is 398 g/mol. The number of nitrogens with one attached hydrogen (secondary N) is 1. The molecule has 3 aliphatic carbocycles. The largest absolute Gasteiger partial charge is 0.466 e. The minimum atomic E-state index is -2.61. The summed E-state index contributed by atoms with van der Waals surface area (Å²) in [5.41, 5.74) is 0.264. The number of fused-ring (bicyclic) bond motifs is 4. The summed E-state index contributed by atoms with van der Waals surface area (Å²) in [5, 5.41) is 7.26. The van der Waals surface area contributed by atoms with Gasteiger partial charge in [-0.2, -0.15) is 4.98 Å². The van der Waals surface area contributed by atoms with E-state index in [2.05, 4.69) is 15.4 Å². The lowest BCUT2D eigenvalue weighted by Crippen LogP contribution is -2.52. The van der Waals surface area contributed by atoms with E-state index in [9.17, 15) is 13.6 Å². The second kappa shape index (κ2) is 7.22. The van der Waals surface area contributed by atoms with E-state index in [1.54, 1.807) is 6.92 Å². The fourth-order valence-electron chi connectivity index (χ4n) is 4.61. The zero-order valence-corrected chi connectivity index (χ0v) is 15.6. The first-order valence-electron chi connectivity index (χ1n) is 9.25. The minimum Gasteiger partial charge on any atom is -0.466 e.